The van der Waals surface area contributed by atoms with Gasteiger partial charge in [0, 0.05) is 17.3 Å². The number of H-pyrrole nitrogens is 1. The second kappa shape index (κ2) is 8.26. The first-order valence-corrected chi connectivity index (χ1v) is 8.06. The number of nitrogens with one attached hydrogen (secondary N) is 1. The van der Waals surface area contributed by atoms with Crippen LogP contribution in [0.1, 0.15) is 49.4 Å². The minimum atomic E-state index is -0.699. The van der Waals surface area contributed by atoms with Gasteiger partial charge in [-0.3, -0.25) is 19.7 Å². The zero-order valence-corrected chi connectivity index (χ0v) is 15.0. The van der Waals surface area contributed by atoms with E-state index in [1.807, 2.05) is 0 Å². The first kappa shape index (κ1) is 19.8. The molecule has 9 nitrogen and oxygen atoms in total. The summed E-state index contributed by atoms with van der Waals surface area (Å²) < 4.78 is 10.3. The van der Waals surface area contributed by atoms with Gasteiger partial charge in [-0.2, -0.15) is 0 Å². The monoisotopic (exact) mass is 374 g/mol. The van der Waals surface area contributed by atoms with Crippen LogP contribution in [-0.2, 0) is 4.74 Å². The molecule has 0 aliphatic heterocycles. The number of esters is 1. The molecule has 1 N–H and O–H groups in total. The predicted octanol–water partition coefficient (Wildman–Crippen LogP) is 2.79. The molecule has 27 heavy (non-hydrogen) atoms. The van der Waals surface area contributed by atoms with Crippen molar-refractivity contribution in [3.05, 3.63) is 56.4 Å². The van der Waals surface area contributed by atoms with Gasteiger partial charge in [0.2, 0.25) is 5.78 Å². The van der Waals surface area contributed by atoms with Gasteiger partial charge in [-0.15, -0.1) is 0 Å². The van der Waals surface area contributed by atoms with Gasteiger partial charge in [-0.1, -0.05) is 0 Å². The lowest BCUT2D eigenvalue weighted by Crippen LogP contribution is -2.14. The van der Waals surface area contributed by atoms with E-state index in [1.54, 1.807) is 20.8 Å². The number of carbonyl (C=O) groups excluding carboxylic acids is 3. The average molecular weight is 374 g/mol. The molecule has 2 rings (SSSR count). The molecule has 0 unspecified atom stereocenters. The number of aromatic nitrogens is 1. The Kier molecular flexibility index (Phi) is 6.07. The fourth-order valence-electron chi connectivity index (χ4n) is 2.63. The first-order valence-electron chi connectivity index (χ1n) is 8.06. The van der Waals surface area contributed by atoms with Crippen molar-refractivity contribution in [1.29, 1.82) is 0 Å². The van der Waals surface area contributed by atoms with E-state index in [1.165, 1.54) is 12.1 Å². The summed E-state index contributed by atoms with van der Waals surface area (Å²) in [4.78, 5) is 48.5. The summed E-state index contributed by atoms with van der Waals surface area (Å²) in [6.07, 6.45) is 0.476. The molecule has 0 aliphatic carbocycles. The molecule has 0 fully saturated rings. The maximum absolute atomic E-state index is 12.5. The number of aldehydes is 1. The molecular weight excluding hydrogens is 356 g/mol. The summed E-state index contributed by atoms with van der Waals surface area (Å²) in [6.45, 7) is 4.64. The summed E-state index contributed by atoms with van der Waals surface area (Å²) in [5.74, 6) is -1.16. The molecule has 0 aliphatic rings. The van der Waals surface area contributed by atoms with Crippen LogP contribution in [0.25, 0.3) is 0 Å². The van der Waals surface area contributed by atoms with Crippen molar-refractivity contribution in [2.24, 2.45) is 0 Å². The molecule has 0 amide bonds. The van der Waals surface area contributed by atoms with E-state index in [0.29, 0.717) is 17.5 Å². The standard InChI is InChI=1S/C18H18N2O7/c1-4-26-18(23)16-10(2)17(19-11(16)3)14(22)9-27-15-6-5-12(8-21)7-13(15)20(24)25/h5-8,19H,4,9H2,1-3H3. The van der Waals surface area contributed by atoms with E-state index in [-0.39, 0.29) is 29.2 Å². The predicted molar refractivity (Wildman–Crippen MR) is 94.5 cm³/mol. The Hall–Kier alpha value is -3.49. The number of carbonyl (C=O) groups is 3. The molecule has 0 radical (unpaired) electrons. The molecule has 9 heteroatoms. The normalized spacial score (nSPS) is 10.3. The number of hydrogen-bond donors (Lipinski definition) is 1. The van der Waals surface area contributed by atoms with Crippen LogP contribution in [0.3, 0.4) is 0 Å². The zero-order chi connectivity index (χ0) is 20.1. The van der Waals surface area contributed by atoms with Gasteiger partial charge in [0.25, 0.3) is 0 Å². The van der Waals surface area contributed by atoms with Gasteiger partial charge in [-0.25, -0.2) is 4.79 Å². The molecule has 0 spiro atoms. The summed E-state index contributed by atoms with van der Waals surface area (Å²) in [7, 11) is 0. The van der Waals surface area contributed by atoms with Gasteiger partial charge in [-0.05, 0) is 38.5 Å². The van der Waals surface area contributed by atoms with Gasteiger partial charge in [0.05, 0.1) is 22.8 Å². The van der Waals surface area contributed by atoms with Crippen molar-refractivity contribution in [2.75, 3.05) is 13.2 Å². The molecule has 142 valence electrons. The molecule has 0 saturated heterocycles. The summed E-state index contributed by atoms with van der Waals surface area (Å²) in [5.41, 5.74) is 1.06. The zero-order valence-electron chi connectivity index (χ0n) is 15.0. The highest BCUT2D eigenvalue weighted by atomic mass is 16.6. The van der Waals surface area contributed by atoms with Gasteiger partial charge >= 0.3 is 11.7 Å². The number of hydrogen-bond acceptors (Lipinski definition) is 7. The van der Waals surface area contributed by atoms with E-state index in [4.69, 9.17) is 9.47 Å². The molecule has 1 aromatic heterocycles. The Morgan fingerprint density at radius 3 is 2.59 bits per heavy atom. The largest absolute Gasteiger partial charge is 0.478 e. The van der Waals surface area contributed by atoms with Crippen LogP contribution in [0.15, 0.2) is 18.2 Å². The Balaban J connectivity index is 2.22. The average Bonchev–Trinajstić information content (AvgIpc) is 2.94. The second-order valence-corrected chi connectivity index (χ2v) is 5.66. The summed E-state index contributed by atoms with van der Waals surface area (Å²) in [6, 6.07) is 3.67. The lowest BCUT2D eigenvalue weighted by atomic mass is 10.1. The van der Waals surface area contributed by atoms with Crippen LogP contribution in [0.2, 0.25) is 0 Å². The minimum Gasteiger partial charge on any atom is -0.478 e. The summed E-state index contributed by atoms with van der Waals surface area (Å²) >= 11 is 0. The quantitative estimate of drug-likeness (QED) is 0.247. The number of nitrogens with zero attached hydrogens (tertiary/aromatic N) is 1. The lowest BCUT2D eigenvalue weighted by molar-refractivity contribution is -0.385. The molecule has 0 atom stereocenters. The number of rotatable bonds is 8. The van der Waals surface area contributed by atoms with E-state index < -0.39 is 29.0 Å². The number of aromatic amines is 1. The Labute approximate surface area is 154 Å². The third kappa shape index (κ3) is 4.20. The Bertz CT molecular complexity index is 915. The Morgan fingerprint density at radius 2 is 2.00 bits per heavy atom. The topological polar surface area (TPSA) is 129 Å². The smallest absolute Gasteiger partial charge is 0.340 e. The van der Waals surface area contributed by atoms with Crippen molar-refractivity contribution < 1.29 is 28.8 Å². The molecular formula is C18H18N2O7. The number of ketones is 1. The minimum absolute atomic E-state index is 0.121. The first-order chi connectivity index (χ1) is 12.8. The van der Waals surface area contributed by atoms with E-state index in [0.717, 1.165) is 6.07 Å². The molecule has 2 aromatic rings. The number of nitro groups is 1. The molecule has 1 aromatic carbocycles. The number of benzene rings is 1. The van der Waals surface area contributed by atoms with E-state index >= 15 is 0 Å². The fraction of sp³-hybridized carbons (Fsp3) is 0.278. The maximum Gasteiger partial charge on any atom is 0.340 e. The van der Waals surface area contributed by atoms with E-state index in [2.05, 4.69) is 4.98 Å². The highest BCUT2D eigenvalue weighted by molar-refractivity contribution is 6.02. The molecule has 0 saturated carbocycles. The third-order valence-corrected chi connectivity index (χ3v) is 3.87. The van der Waals surface area contributed by atoms with E-state index in [9.17, 15) is 24.5 Å². The molecule has 1 heterocycles. The lowest BCUT2D eigenvalue weighted by Gasteiger charge is -2.07. The maximum atomic E-state index is 12.5. The van der Waals surface area contributed by atoms with Gasteiger partial charge in [0.15, 0.2) is 12.4 Å². The van der Waals surface area contributed by atoms with Crippen molar-refractivity contribution in [1.82, 2.24) is 4.98 Å². The van der Waals surface area contributed by atoms with Crippen LogP contribution in [0.4, 0.5) is 5.69 Å². The van der Waals surface area contributed by atoms with Crippen LogP contribution < -0.4 is 4.74 Å². The van der Waals surface area contributed by atoms with Crippen molar-refractivity contribution >= 4 is 23.7 Å². The highest BCUT2D eigenvalue weighted by Gasteiger charge is 2.24. The SMILES string of the molecule is CCOC(=O)c1c(C)[nH]c(C(=O)COc2ccc(C=O)cc2[N+](=O)[O-])c1C. The van der Waals surface area contributed by atoms with Crippen LogP contribution in [-0.4, -0.2) is 41.2 Å². The van der Waals surface area contributed by atoms with Crippen molar-refractivity contribution in [3.8, 4) is 5.75 Å². The second-order valence-electron chi connectivity index (χ2n) is 5.66. The number of aryl methyl sites for hydroxylation is 1. The van der Waals surface area contributed by atoms with Crippen LogP contribution in [0.5, 0.6) is 5.75 Å². The number of Topliss-reactive ketones (excluding diaryl/α,β-unsaturated/α-hetero) is 1. The fourth-order valence-corrected chi connectivity index (χ4v) is 2.63. The third-order valence-electron chi connectivity index (χ3n) is 3.87. The van der Waals surface area contributed by atoms with Crippen molar-refractivity contribution in [3.63, 3.8) is 0 Å². The van der Waals surface area contributed by atoms with Crippen molar-refractivity contribution in [2.45, 2.75) is 20.8 Å². The van der Waals surface area contributed by atoms with Gasteiger partial charge < -0.3 is 14.5 Å². The van der Waals surface area contributed by atoms with Gasteiger partial charge in [0.1, 0.15) is 6.29 Å². The van der Waals surface area contributed by atoms with Crippen LogP contribution in [0, 0.1) is 24.0 Å². The van der Waals surface area contributed by atoms with Crippen LogP contribution >= 0.6 is 0 Å². The number of ether oxygens (including phenoxy) is 2. The Morgan fingerprint density at radius 1 is 1.30 bits per heavy atom. The molecule has 0 bridgehead atoms. The highest BCUT2D eigenvalue weighted by Crippen LogP contribution is 2.28. The number of nitro benzene ring substituents is 1. The summed E-state index contributed by atoms with van der Waals surface area (Å²) in [5, 5.41) is 11.1.